The van der Waals surface area contributed by atoms with E-state index in [9.17, 15) is 4.79 Å². The fraction of sp³-hybridized carbons (Fsp3) is 0.308. The highest BCUT2D eigenvalue weighted by molar-refractivity contribution is 5.83. The Morgan fingerprint density at radius 3 is 2.78 bits per heavy atom. The minimum atomic E-state index is -0.174. The fourth-order valence-corrected chi connectivity index (χ4v) is 3.44. The molecule has 0 fully saturated rings. The molecule has 0 radical (unpaired) electrons. The zero-order valence-electron chi connectivity index (χ0n) is 20.9. The van der Waals surface area contributed by atoms with Crippen molar-refractivity contribution in [2.24, 2.45) is 0 Å². The van der Waals surface area contributed by atoms with E-state index in [0.29, 0.717) is 29.7 Å². The lowest BCUT2D eigenvalue weighted by Gasteiger charge is -2.15. The highest BCUT2D eigenvalue weighted by atomic mass is 16.5. The monoisotopic (exact) mass is 489 g/mol. The number of amides is 1. The molecule has 0 aliphatic rings. The van der Waals surface area contributed by atoms with Gasteiger partial charge in [-0.05, 0) is 58.3 Å². The van der Waals surface area contributed by atoms with Crippen LogP contribution in [0.25, 0.3) is 22.3 Å². The molecule has 0 spiro atoms. The van der Waals surface area contributed by atoms with Crippen LogP contribution >= 0.6 is 0 Å². The minimum absolute atomic E-state index is 0.0550. The molecule has 2 aromatic heterocycles. The SMILES string of the molecule is CC(C)NC(=O)COc1cccc(-c2ncc(OCCN(C)C)c(Nc3ccc4[nH]ncc4c3)n2)c1. The lowest BCUT2D eigenvalue weighted by molar-refractivity contribution is -0.123. The van der Waals surface area contributed by atoms with E-state index in [0.717, 1.165) is 28.7 Å². The van der Waals surface area contributed by atoms with E-state index >= 15 is 0 Å². The molecular formula is C26H31N7O3. The van der Waals surface area contributed by atoms with E-state index < -0.39 is 0 Å². The Morgan fingerprint density at radius 1 is 1.11 bits per heavy atom. The highest BCUT2D eigenvalue weighted by Gasteiger charge is 2.13. The van der Waals surface area contributed by atoms with Crippen LogP contribution in [0, 0.1) is 0 Å². The summed E-state index contributed by atoms with van der Waals surface area (Å²) in [6.45, 7) is 4.99. The number of nitrogens with one attached hydrogen (secondary N) is 3. The second-order valence-corrected chi connectivity index (χ2v) is 8.89. The summed E-state index contributed by atoms with van der Waals surface area (Å²) in [5, 5.41) is 14.2. The molecule has 0 saturated carbocycles. The van der Waals surface area contributed by atoms with Crippen LogP contribution in [0.4, 0.5) is 11.5 Å². The van der Waals surface area contributed by atoms with Crippen molar-refractivity contribution in [3.05, 3.63) is 54.9 Å². The van der Waals surface area contributed by atoms with Crippen molar-refractivity contribution in [3.63, 3.8) is 0 Å². The predicted molar refractivity (Wildman–Crippen MR) is 140 cm³/mol. The molecule has 0 aliphatic heterocycles. The number of aromatic amines is 1. The van der Waals surface area contributed by atoms with Gasteiger partial charge in [0.05, 0.1) is 17.9 Å². The van der Waals surface area contributed by atoms with Gasteiger partial charge in [-0.25, -0.2) is 9.97 Å². The maximum absolute atomic E-state index is 11.9. The zero-order chi connectivity index (χ0) is 25.5. The summed E-state index contributed by atoms with van der Waals surface area (Å²) in [7, 11) is 3.98. The lowest BCUT2D eigenvalue weighted by atomic mass is 10.2. The molecule has 4 aromatic rings. The van der Waals surface area contributed by atoms with Crippen molar-refractivity contribution in [2.45, 2.75) is 19.9 Å². The summed E-state index contributed by atoms with van der Waals surface area (Å²) in [6, 6.07) is 13.3. The van der Waals surface area contributed by atoms with Crippen molar-refractivity contribution < 1.29 is 14.3 Å². The quantitative estimate of drug-likeness (QED) is 0.293. The Morgan fingerprint density at radius 2 is 1.97 bits per heavy atom. The molecule has 0 saturated heterocycles. The molecule has 4 rings (SSSR count). The van der Waals surface area contributed by atoms with E-state index in [2.05, 4.69) is 25.8 Å². The van der Waals surface area contributed by atoms with Crippen LogP contribution in [-0.2, 0) is 4.79 Å². The molecule has 188 valence electrons. The lowest BCUT2D eigenvalue weighted by Crippen LogP contribution is -2.34. The first kappa shape index (κ1) is 24.9. The normalized spacial score (nSPS) is 11.2. The van der Waals surface area contributed by atoms with E-state index in [1.165, 1.54) is 0 Å². The molecule has 2 heterocycles. The number of H-pyrrole nitrogens is 1. The van der Waals surface area contributed by atoms with Crippen molar-refractivity contribution in [1.82, 2.24) is 30.4 Å². The van der Waals surface area contributed by atoms with Gasteiger partial charge < -0.3 is 25.0 Å². The molecule has 1 amide bonds. The number of carbonyl (C=O) groups excluding carboxylic acids is 1. The number of rotatable bonds is 11. The number of hydrogen-bond acceptors (Lipinski definition) is 8. The van der Waals surface area contributed by atoms with Gasteiger partial charge in [0, 0.05) is 29.2 Å². The highest BCUT2D eigenvalue weighted by Crippen LogP contribution is 2.30. The Labute approximate surface area is 210 Å². The zero-order valence-corrected chi connectivity index (χ0v) is 20.9. The van der Waals surface area contributed by atoms with Crippen LogP contribution in [0.2, 0.25) is 0 Å². The van der Waals surface area contributed by atoms with Gasteiger partial charge in [0.1, 0.15) is 12.4 Å². The molecule has 2 aromatic carbocycles. The van der Waals surface area contributed by atoms with Gasteiger partial charge in [-0.15, -0.1) is 0 Å². The maximum Gasteiger partial charge on any atom is 0.258 e. The summed E-state index contributed by atoms with van der Waals surface area (Å²) >= 11 is 0. The average molecular weight is 490 g/mol. The molecule has 0 bridgehead atoms. The van der Waals surface area contributed by atoms with Crippen LogP contribution in [-0.4, -0.2) is 70.9 Å². The Kier molecular flexibility index (Phi) is 7.96. The van der Waals surface area contributed by atoms with Gasteiger partial charge in [0.25, 0.3) is 5.91 Å². The van der Waals surface area contributed by atoms with Crippen LogP contribution in [0.5, 0.6) is 11.5 Å². The van der Waals surface area contributed by atoms with E-state index in [4.69, 9.17) is 14.5 Å². The smallest absolute Gasteiger partial charge is 0.258 e. The first-order valence-electron chi connectivity index (χ1n) is 11.7. The topological polar surface area (TPSA) is 117 Å². The van der Waals surface area contributed by atoms with Gasteiger partial charge in [-0.1, -0.05) is 12.1 Å². The second kappa shape index (κ2) is 11.5. The molecular weight excluding hydrogens is 458 g/mol. The Hall–Kier alpha value is -4.18. The van der Waals surface area contributed by atoms with Gasteiger partial charge in [0.15, 0.2) is 24.0 Å². The fourth-order valence-electron chi connectivity index (χ4n) is 3.44. The predicted octanol–water partition coefficient (Wildman–Crippen LogP) is 3.61. The number of fused-ring (bicyclic) bond motifs is 1. The molecule has 0 aliphatic carbocycles. The summed E-state index contributed by atoms with van der Waals surface area (Å²) in [6.07, 6.45) is 3.44. The van der Waals surface area contributed by atoms with Crippen LogP contribution in [0.1, 0.15) is 13.8 Å². The standard InChI is InChI=1S/C26H31N7O3/c1-17(2)29-24(34)16-36-21-7-5-6-18(13-21)25-27-15-23(35-11-10-33(3)4)26(31-25)30-20-8-9-22-19(12-20)14-28-32-22/h5-9,12-15,17H,10-11,16H2,1-4H3,(H,28,32)(H,29,34)(H,27,30,31). The first-order chi connectivity index (χ1) is 17.4. The Balaban J connectivity index is 1.57. The first-order valence-corrected chi connectivity index (χ1v) is 11.7. The maximum atomic E-state index is 11.9. The van der Waals surface area contributed by atoms with E-state index in [1.54, 1.807) is 18.5 Å². The molecule has 36 heavy (non-hydrogen) atoms. The summed E-state index contributed by atoms with van der Waals surface area (Å²) in [5.41, 5.74) is 2.55. The number of ether oxygens (including phenoxy) is 2. The van der Waals surface area contributed by atoms with Gasteiger partial charge >= 0.3 is 0 Å². The van der Waals surface area contributed by atoms with E-state index in [1.807, 2.05) is 69.2 Å². The van der Waals surface area contributed by atoms with Gasteiger partial charge in [-0.3, -0.25) is 9.89 Å². The van der Waals surface area contributed by atoms with Gasteiger partial charge in [0.2, 0.25) is 0 Å². The van der Waals surface area contributed by atoms with Crippen molar-refractivity contribution in [1.29, 1.82) is 0 Å². The number of hydrogen-bond donors (Lipinski definition) is 3. The number of benzene rings is 2. The number of nitrogens with zero attached hydrogens (tertiary/aromatic N) is 4. The second-order valence-electron chi connectivity index (χ2n) is 8.89. The average Bonchev–Trinajstić information content (AvgIpc) is 3.31. The minimum Gasteiger partial charge on any atom is -0.487 e. The van der Waals surface area contributed by atoms with Crippen molar-refractivity contribution in [3.8, 4) is 22.9 Å². The molecule has 10 nitrogen and oxygen atoms in total. The number of likely N-dealkylation sites (N-methyl/N-ethyl adjacent to an activating group) is 1. The summed E-state index contributed by atoms with van der Waals surface area (Å²) in [4.78, 5) is 23.3. The largest absolute Gasteiger partial charge is 0.487 e. The molecule has 0 unspecified atom stereocenters. The van der Waals surface area contributed by atoms with Crippen molar-refractivity contribution >= 4 is 28.3 Å². The third kappa shape index (κ3) is 6.70. The van der Waals surface area contributed by atoms with Crippen LogP contribution in [0.15, 0.2) is 54.9 Å². The summed E-state index contributed by atoms with van der Waals surface area (Å²) in [5.74, 6) is 1.97. The van der Waals surface area contributed by atoms with Gasteiger partial charge in [-0.2, -0.15) is 5.10 Å². The van der Waals surface area contributed by atoms with Crippen LogP contribution < -0.4 is 20.1 Å². The molecule has 10 heteroatoms. The number of anilines is 2. The Bertz CT molecular complexity index is 1320. The third-order valence-electron chi connectivity index (χ3n) is 5.17. The third-order valence-corrected chi connectivity index (χ3v) is 5.17. The van der Waals surface area contributed by atoms with E-state index in [-0.39, 0.29) is 18.6 Å². The number of carbonyl (C=O) groups is 1. The van der Waals surface area contributed by atoms with Crippen LogP contribution in [0.3, 0.4) is 0 Å². The van der Waals surface area contributed by atoms with Crippen molar-refractivity contribution in [2.75, 3.05) is 39.2 Å². The molecule has 3 N–H and O–H groups in total. The summed E-state index contributed by atoms with van der Waals surface area (Å²) < 4.78 is 11.7. The number of aromatic nitrogens is 4. The molecule has 0 atom stereocenters.